The van der Waals surface area contributed by atoms with Gasteiger partial charge in [-0.3, -0.25) is 9.59 Å². The molecular weight excluding hydrogens is 428 g/mol. The molecule has 7 nitrogen and oxygen atoms in total. The summed E-state index contributed by atoms with van der Waals surface area (Å²) in [4.78, 5) is 27.2. The van der Waals surface area contributed by atoms with Crippen molar-refractivity contribution in [1.82, 2.24) is 20.0 Å². The second-order valence-electron chi connectivity index (χ2n) is 7.65. The van der Waals surface area contributed by atoms with Crippen molar-refractivity contribution >= 4 is 23.4 Å². The van der Waals surface area contributed by atoms with Crippen LogP contribution in [0.1, 0.15) is 40.5 Å². The summed E-state index contributed by atoms with van der Waals surface area (Å²) in [6, 6.07) is 14.5. The zero-order chi connectivity index (χ0) is 22.5. The first-order valence-corrected chi connectivity index (χ1v) is 11.0. The minimum Gasteiger partial charge on any atom is -0.494 e. The van der Waals surface area contributed by atoms with E-state index in [0.717, 1.165) is 11.4 Å². The predicted molar refractivity (Wildman–Crippen MR) is 123 cm³/mol. The summed E-state index contributed by atoms with van der Waals surface area (Å²) in [6.45, 7) is 3.71. The maximum atomic E-state index is 12.8. The van der Waals surface area contributed by atoms with Crippen molar-refractivity contribution < 1.29 is 14.3 Å². The fourth-order valence-corrected chi connectivity index (χ4v) is 3.84. The van der Waals surface area contributed by atoms with Gasteiger partial charge in [-0.1, -0.05) is 11.6 Å². The predicted octanol–water partition coefficient (Wildman–Crippen LogP) is 3.96. The summed E-state index contributed by atoms with van der Waals surface area (Å²) in [5, 5.41) is 7.97. The van der Waals surface area contributed by atoms with E-state index < -0.39 is 0 Å². The van der Waals surface area contributed by atoms with Gasteiger partial charge in [0.15, 0.2) is 0 Å². The third kappa shape index (κ3) is 5.11. The number of hydrogen-bond acceptors (Lipinski definition) is 4. The lowest BCUT2D eigenvalue weighted by Gasteiger charge is -2.32. The van der Waals surface area contributed by atoms with Crippen LogP contribution in [0.3, 0.4) is 0 Å². The van der Waals surface area contributed by atoms with Crippen molar-refractivity contribution in [2.45, 2.75) is 25.8 Å². The van der Waals surface area contributed by atoms with Crippen molar-refractivity contribution in [3.05, 3.63) is 77.1 Å². The van der Waals surface area contributed by atoms with Gasteiger partial charge in [0, 0.05) is 35.9 Å². The molecular formula is C24H25ClN4O3. The van der Waals surface area contributed by atoms with Crippen LogP contribution in [0.15, 0.2) is 60.9 Å². The van der Waals surface area contributed by atoms with Crippen LogP contribution in [-0.4, -0.2) is 52.2 Å². The van der Waals surface area contributed by atoms with Crippen LogP contribution in [0.5, 0.6) is 5.75 Å². The molecule has 0 atom stereocenters. The lowest BCUT2D eigenvalue weighted by Crippen LogP contribution is -2.46. The largest absolute Gasteiger partial charge is 0.494 e. The van der Waals surface area contributed by atoms with E-state index in [1.54, 1.807) is 41.3 Å². The molecule has 1 aliphatic heterocycles. The highest BCUT2D eigenvalue weighted by Crippen LogP contribution is 2.18. The van der Waals surface area contributed by atoms with Gasteiger partial charge < -0.3 is 15.0 Å². The Morgan fingerprint density at radius 1 is 1.06 bits per heavy atom. The summed E-state index contributed by atoms with van der Waals surface area (Å²) in [5.74, 6) is 0.591. The molecule has 0 bridgehead atoms. The van der Waals surface area contributed by atoms with Gasteiger partial charge in [0.05, 0.1) is 24.1 Å². The molecule has 8 heteroatoms. The van der Waals surface area contributed by atoms with E-state index in [9.17, 15) is 9.59 Å². The van der Waals surface area contributed by atoms with Crippen LogP contribution in [0.2, 0.25) is 5.02 Å². The fraction of sp³-hybridized carbons (Fsp3) is 0.292. The summed E-state index contributed by atoms with van der Waals surface area (Å²) in [7, 11) is 0. The van der Waals surface area contributed by atoms with Gasteiger partial charge in [0.2, 0.25) is 0 Å². The highest BCUT2D eigenvalue weighted by atomic mass is 35.5. The third-order valence-electron chi connectivity index (χ3n) is 5.47. The minimum absolute atomic E-state index is 0.00191. The number of carbonyl (C=O) groups excluding carboxylic acids is 2. The number of piperidine rings is 1. The Morgan fingerprint density at radius 2 is 1.75 bits per heavy atom. The van der Waals surface area contributed by atoms with Crippen molar-refractivity contribution in [2.75, 3.05) is 19.7 Å². The van der Waals surface area contributed by atoms with E-state index >= 15 is 0 Å². The quantitative estimate of drug-likeness (QED) is 0.614. The molecule has 2 amide bonds. The first-order chi connectivity index (χ1) is 15.5. The van der Waals surface area contributed by atoms with Crippen molar-refractivity contribution in [2.24, 2.45) is 0 Å². The Labute approximate surface area is 191 Å². The van der Waals surface area contributed by atoms with E-state index in [1.165, 1.54) is 0 Å². The SMILES string of the molecule is CCOc1ccc(C(=O)N2CCC(NC(=O)c3cnn(-c4ccc(Cl)cc4)c3)CC2)cc1. The molecule has 3 aromatic rings. The Hall–Kier alpha value is -3.32. The lowest BCUT2D eigenvalue weighted by molar-refractivity contribution is 0.0698. The third-order valence-corrected chi connectivity index (χ3v) is 5.72. The Bertz CT molecular complexity index is 1070. The van der Waals surface area contributed by atoms with E-state index in [-0.39, 0.29) is 17.9 Å². The first kappa shape index (κ1) is 21.9. The molecule has 1 saturated heterocycles. The number of nitrogens with zero attached hydrogens (tertiary/aromatic N) is 3. The second kappa shape index (κ2) is 9.87. The molecule has 2 aromatic carbocycles. The summed E-state index contributed by atoms with van der Waals surface area (Å²) >= 11 is 5.92. The van der Waals surface area contributed by atoms with Gasteiger partial charge in [-0.2, -0.15) is 5.10 Å². The van der Waals surface area contributed by atoms with Crippen LogP contribution < -0.4 is 10.1 Å². The van der Waals surface area contributed by atoms with Crippen molar-refractivity contribution in [3.63, 3.8) is 0 Å². The number of halogens is 1. The molecule has 0 radical (unpaired) electrons. The summed E-state index contributed by atoms with van der Waals surface area (Å²) in [6.07, 6.45) is 4.66. The molecule has 1 aliphatic rings. The number of ether oxygens (including phenoxy) is 1. The van der Waals surface area contributed by atoms with E-state index in [1.807, 2.05) is 36.1 Å². The maximum absolute atomic E-state index is 12.8. The first-order valence-electron chi connectivity index (χ1n) is 10.7. The normalized spacial score (nSPS) is 14.2. The molecule has 166 valence electrons. The molecule has 0 unspecified atom stereocenters. The summed E-state index contributed by atoms with van der Waals surface area (Å²) < 4.78 is 7.07. The van der Waals surface area contributed by atoms with Crippen molar-refractivity contribution in [3.8, 4) is 11.4 Å². The maximum Gasteiger partial charge on any atom is 0.254 e. The topological polar surface area (TPSA) is 76.5 Å². The van der Waals surface area contributed by atoms with Gasteiger partial charge >= 0.3 is 0 Å². The number of likely N-dealkylation sites (tertiary alicyclic amines) is 1. The number of aromatic nitrogens is 2. The van der Waals surface area contributed by atoms with Crippen molar-refractivity contribution in [1.29, 1.82) is 0 Å². The molecule has 0 spiro atoms. The van der Waals surface area contributed by atoms with Crippen LogP contribution in [-0.2, 0) is 0 Å². The highest BCUT2D eigenvalue weighted by molar-refractivity contribution is 6.30. The van der Waals surface area contributed by atoms with E-state index in [2.05, 4.69) is 10.4 Å². The summed E-state index contributed by atoms with van der Waals surface area (Å²) in [5.41, 5.74) is 1.97. The van der Waals surface area contributed by atoms with Crippen LogP contribution in [0.4, 0.5) is 0 Å². The molecule has 0 aliphatic carbocycles. The van der Waals surface area contributed by atoms with Gasteiger partial charge in [-0.25, -0.2) is 4.68 Å². The number of rotatable bonds is 6. The highest BCUT2D eigenvalue weighted by Gasteiger charge is 2.25. The number of amides is 2. The van der Waals surface area contributed by atoms with Crippen LogP contribution in [0, 0.1) is 0 Å². The Balaban J connectivity index is 1.29. The number of hydrogen-bond donors (Lipinski definition) is 1. The average molecular weight is 453 g/mol. The number of benzene rings is 2. The van der Waals surface area contributed by atoms with Gasteiger partial charge in [-0.15, -0.1) is 0 Å². The fourth-order valence-electron chi connectivity index (χ4n) is 3.71. The zero-order valence-corrected chi connectivity index (χ0v) is 18.6. The van der Waals surface area contributed by atoms with Gasteiger partial charge in [0.1, 0.15) is 5.75 Å². The molecule has 0 saturated carbocycles. The lowest BCUT2D eigenvalue weighted by atomic mass is 10.0. The number of nitrogens with one attached hydrogen (secondary N) is 1. The van der Waals surface area contributed by atoms with Crippen LogP contribution >= 0.6 is 11.6 Å². The molecule has 1 aromatic heterocycles. The van der Waals surface area contributed by atoms with Gasteiger partial charge in [-0.05, 0) is 68.3 Å². The van der Waals surface area contributed by atoms with E-state index in [0.29, 0.717) is 48.7 Å². The molecule has 1 fully saturated rings. The zero-order valence-electron chi connectivity index (χ0n) is 17.8. The van der Waals surface area contributed by atoms with Gasteiger partial charge in [0.25, 0.3) is 11.8 Å². The average Bonchev–Trinajstić information content (AvgIpc) is 3.31. The molecule has 2 heterocycles. The monoisotopic (exact) mass is 452 g/mol. The minimum atomic E-state index is -0.165. The van der Waals surface area contributed by atoms with E-state index in [4.69, 9.17) is 16.3 Å². The smallest absolute Gasteiger partial charge is 0.254 e. The second-order valence-corrected chi connectivity index (χ2v) is 8.08. The molecule has 32 heavy (non-hydrogen) atoms. The number of carbonyl (C=O) groups is 2. The standard InChI is InChI=1S/C24H25ClN4O3/c1-2-32-22-9-3-17(4-10-22)24(31)28-13-11-20(12-14-28)27-23(30)18-15-26-29(16-18)21-7-5-19(25)6-8-21/h3-10,15-16,20H,2,11-14H2,1H3,(H,27,30). The molecule has 1 N–H and O–H groups in total. The molecule has 4 rings (SSSR count). The van der Waals surface area contributed by atoms with Crippen LogP contribution in [0.25, 0.3) is 5.69 Å². The Kier molecular flexibility index (Phi) is 6.75. The Morgan fingerprint density at radius 3 is 2.41 bits per heavy atom.